The summed E-state index contributed by atoms with van der Waals surface area (Å²) < 4.78 is 5.32. The highest BCUT2D eigenvalue weighted by Gasteiger charge is 2.23. The Bertz CT molecular complexity index is 254. The highest BCUT2D eigenvalue weighted by atomic mass is 16.5. The third kappa shape index (κ3) is 3.66. The molecule has 0 saturated carbocycles. The predicted molar refractivity (Wildman–Crippen MR) is 65.9 cm³/mol. The summed E-state index contributed by atoms with van der Waals surface area (Å²) in [5.74, 6) is 0.246. The SMILES string of the molecule is CC1NCCCN(CCN2CCOCC2)C1=O. The first kappa shape index (κ1) is 12.8. The number of hydrogen-bond acceptors (Lipinski definition) is 4. The molecule has 1 unspecified atom stereocenters. The number of nitrogens with zero attached hydrogens (tertiary/aromatic N) is 2. The quantitative estimate of drug-likeness (QED) is 0.725. The predicted octanol–water partition coefficient (Wildman–Crippen LogP) is -0.471. The normalized spacial score (nSPS) is 28.2. The smallest absolute Gasteiger partial charge is 0.239 e. The van der Waals surface area contributed by atoms with Gasteiger partial charge in [0, 0.05) is 32.7 Å². The molecule has 0 radical (unpaired) electrons. The number of morpholine rings is 1. The van der Waals surface area contributed by atoms with Crippen LogP contribution in [0.5, 0.6) is 0 Å². The standard InChI is InChI=1S/C12H23N3O2/c1-11-12(16)15(4-2-3-13-11)6-5-14-7-9-17-10-8-14/h11,13H,2-10H2,1H3. The molecule has 98 valence electrons. The van der Waals surface area contributed by atoms with Crippen molar-refractivity contribution in [2.75, 3.05) is 52.5 Å². The molecule has 5 heteroatoms. The van der Waals surface area contributed by atoms with Crippen molar-refractivity contribution < 1.29 is 9.53 Å². The zero-order valence-electron chi connectivity index (χ0n) is 10.7. The molecule has 2 rings (SSSR count). The van der Waals surface area contributed by atoms with Gasteiger partial charge in [0.25, 0.3) is 0 Å². The van der Waals surface area contributed by atoms with Gasteiger partial charge in [-0.1, -0.05) is 0 Å². The van der Waals surface area contributed by atoms with Gasteiger partial charge >= 0.3 is 0 Å². The van der Waals surface area contributed by atoms with E-state index >= 15 is 0 Å². The van der Waals surface area contributed by atoms with E-state index in [0.717, 1.165) is 58.9 Å². The summed E-state index contributed by atoms with van der Waals surface area (Å²) in [7, 11) is 0. The van der Waals surface area contributed by atoms with Crippen molar-refractivity contribution in [2.24, 2.45) is 0 Å². The number of ether oxygens (including phenoxy) is 1. The molecular weight excluding hydrogens is 218 g/mol. The molecule has 0 aromatic heterocycles. The fourth-order valence-corrected chi connectivity index (χ4v) is 2.37. The molecule has 1 atom stereocenters. The Morgan fingerprint density at radius 2 is 2.06 bits per heavy atom. The number of carbonyl (C=O) groups is 1. The number of hydrogen-bond donors (Lipinski definition) is 1. The van der Waals surface area contributed by atoms with Crippen LogP contribution in [0.4, 0.5) is 0 Å². The summed E-state index contributed by atoms with van der Waals surface area (Å²) in [6.45, 7) is 9.26. The summed E-state index contributed by atoms with van der Waals surface area (Å²) in [5.41, 5.74) is 0. The maximum atomic E-state index is 12.0. The Hall–Kier alpha value is -0.650. The molecular formula is C12H23N3O2. The van der Waals surface area contributed by atoms with Gasteiger partial charge in [-0.05, 0) is 19.9 Å². The first-order chi connectivity index (χ1) is 8.27. The molecule has 2 aliphatic heterocycles. The summed E-state index contributed by atoms with van der Waals surface area (Å²) in [6.07, 6.45) is 1.05. The summed E-state index contributed by atoms with van der Waals surface area (Å²) in [4.78, 5) is 16.4. The van der Waals surface area contributed by atoms with Crippen LogP contribution in [-0.4, -0.2) is 74.2 Å². The molecule has 2 aliphatic rings. The first-order valence-corrected chi connectivity index (χ1v) is 6.59. The lowest BCUT2D eigenvalue weighted by atomic mass is 10.3. The van der Waals surface area contributed by atoms with Crippen LogP contribution in [0.3, 0.4) is 0 Å². The molecule has 2 fully saturated rings. The van der Waals surface area contributed by atoms with E-state index in [9.17, 15) is 4.79 Å². The van der Waals surface area contributed by atoms with Gasteiger partial charge in [-0.25, -0.2) is 0 Å². The second-order valence-electron chi connectivity index (χ2n) is 4.81. The molecule has 0 aromatic rings. The number of nitrogens with one attached hydrogen (secondary N) is 1. The van der Waals surface area contributed by atoms with Gasteiger partial charge in [0.15, 0.2) is 0 Å². The van der Waals surface area contributed by atoms with E-state index in [1.807, 2.05) is 11.8 Å². The minimum absolute atomic E-state index is 0.0258. The fourth-order valence-electron chi connectivity index (χ4n) is 2.37. The van der Waals surface area contributed by atoms with E-state index in [0.29, 0.717) is 0 Å². The summed E-state index contributed by atoms with van der Waals surface area (Å²) in [5, 5.41) is 3.24. The van der Waals surface area contributed by atoms with Gasteiger partial charge in [-0.15, -0.1) is 0 Å². The van der Waals surface area contributed by atoms with Gasteiger partial charge in [-0.3, -0.25) is 9.69 Å². The van der Waals surface area contributed by atoms with Crippen LogP contribution in [0.15, 0.2) is 0 Å². The van der Waals surface area contributed by atoms with Gasteiger partial charge < -0.3 is 15.0 Å². The van der Waals surface area contributed by atoms with Crippen molar-refractivity contribution in [1.82, 2.24) is 15.1 Å². The van der Waals surface area contributed by atoms with Crippen LogP contribution in [0.25, 0.3) is 0 Å². The molecule has 0 aliphatic carbocycles. The Labute approximate surface area is 103 Å². The minimum Gasteiger partial charge on any atom is -0.379 e. The van der Waals surface area contributed by atoms with E-state index in [4.69, 9.17) is 4.74 Å². The monoisotopic (exact) mass is 241 g/mol. The molecule has 0 aromatic carbocycles. The molecule has 1 amide bonds. The average Bonchev–Trinajstić information content (AvgIpc) is 2.52. The summed E-state index contributed by atoms with van der Waals surface area (Å²) >= 11 is 0. The van der Waals surface area contributed by atoms with E-state index in [-0.39, 0.29) is 11.9 Å². The minimum atomic E-state index is -0.0258. The van der Waals surface area contributed by atoms with E-state index in [1.54, 1.807) is 0 Å². The third-order valence-corrected chi connectivity index (χ3v) is 3.53. The zero-order valence-corrected chi connectivity index (χ0v) is 10.7. The molecule has 5 nitrogen and oxygen atoms in total. The highest BCUT2D eigenvalue weighted by Crippen LogP contribution is 2.04. The Balaban J connectivity index is 1.78. The highest BCUT2D eigenvalue weighted by molar-refractivity contribution is 5.81. The van der Waals surface area contributed by atoms with Gasteiger partial charge in [0.1, 0.15) is 0 Å². The van der Waals surface area contributed by atoms with Crippen LogP contribution in [0.1, 0.15) is 13.3 Å². The van der Waals surface area contributed by atoms with E-state index in [2.05, 4.69) is 10.2 Å². The van der Waals surface area contributed by atoms with Gasteiger partial charge in [0.05, 0.1) is 19.3 Å². The Morgan fingerprint density at radius 1 is 1.29 bits per heavy atom. The second-order valence-corrected chi connectivity index (χ2v) is 4.81. The van der Waals surface area contributed by atoms with Crippen LogP contribution in [0, 0.1) is 0 Å². The molecule has 0 spiro atoms. The fraction of sp³-hybridized carbons (Fsp3) is 0.917. The van der Waals surface area contributed by atoms with Crippen molar-refractivity contribution in [3.8, 4) is 0 Å². The lowest BCUT2D eigenvalue weighted by molar-refractivity contribution is -0.132. The second kappa shape index (κ2) is 6.33. The molecule has 2 saturated heterocycles. The Morgan fingerprint density at radius 3 is 2.82 bits per heavy atom. The maximum Gasteiger partial charge on any atom is 0.239 e. The van der Waals surface area contributed by atoms with E-state index in [1.165, 1.54) is 0 Å². The van der Waals surface area contributed by atoms with Crippen molar-refractivity contribution in [1.29, 1.82) is 0 Å². The van der Waals surface area contributed by atoms with Crippen LogP contribution < -0.4 is 5.32 Å². The maximum absolute atomic E-state index is 12.0. The van der Waals surface area contributed by atoms with Gasteiger partial charge in [-0.2, -0.15) is 0 Å². The Kier molecular flexibility index (Phi) is 4.76. The van der Waals surface area contributed by atoms with E-state index < -0.39 is 0 Å². The number of carbonyl (C=O) groups excluding carboxylic acids is 1. The van der Waals surface area contributed by atoms with Crippen LogP contribution in [-0.2, 0) is 9.53 Å². The average molecular weight is 241 g/mol. The first-order valence-electron chi connectivity index (χ1n) is 6.59. The van der Waals surface area contributed by atoms with Crippen molar-refractivity contribution in [2.45, 2.75) is 19.4 Å². The van der Waals surface area contributed by atoms with Crippen molar-refractivity contribution >= 4 is 5.91 Å². The van der Waals surface area contributed by atoms with Gasteiger partial charge in [0.2, 0.25) is 5.91 Å². The van der Waals surface area contributed by atoms with Crippen LogP contribution >= 0.6 is 0 Å². The number of amides is 1. The molecule has 0 bridgehead atoms. The zero-order chi connectivity index (χ0) is 12.1. The topological polar surface area (TPSA) is 44.8 Å². The van der Waals surface area contributed by atoms with Crippen molar-refractivity contribution in [3.63, 3.8) is 0 Å². The molecule has 17 heavy (non-hydrogen) atoms. The number of rotatable bonds is 3. The lowest BCUT2D eigenvalue weighted by Gasteiger charge is -2.30. The molecule has 1 N–H and O–H groups in total. The molecule has 2 heterocycles. The van der Waals surface area contributed by atoms with Crippen LogP contribution in [0.2, 0.25) is 0 Å². The van der Waals surface area contributed by atoms with Crippen molar-refractivity contribution in [3.05, 3.63) is 0 Å². The third-order valence-electron chi connectivity index (χ3n) is 3.53. The largest absolute Gasteiger partial charge is 0.379 e. The lowest BCUT2D eigenvalue weighted by Crippen LogP contribution is -2.46. The summed E-state index contributed by atoms with van der Waals surface area (Å²) in [6, 6.07) is -0.0258.